The molecule has 104 valence electrons. The Labute approximate surface area is 123 Å². The Kier molecular flexibility index (Phi) is 3.51. The minimum absolute atomic E-state index is 0.453. The van der Waals surface area contributed by atoms with Gasteiger partial charge in [0, 0.05) is 17.2 Å². The Hall–Kier alpha value is -2.88. The molecule has 1 aromatic heterocycles. The van der Waals surface area contributed by atoms with Gasteiger partial charge in [0.1, 0.15) is 11.6 Å². The predicted molar refractivity (Wildman–Crippen MR) is 83.9 cm³/mol. The molecule has 0 amide bonds. The number of hydrogen-bond acceptors (Lipinski definition) is 4. The maximum Gasteiger partial charge on any atom is 0.162 e. The van der Waals surface area contributed by atoms with Gasteiger partial charge in [0.25, 0.3) is 0 Å². The van der Waals surface area contributed by atoms with E-state index in [0.717, 1.165) is 22.6 Å². The molecule has 3 aromatic rings. The minimum atomic E-state index is 0.453. The van der Waals surface area contributed by atoms with Crippen LogP contribution in [0.4, 0.5) is 5.82 Å². The number of nitrogens with zero attached hydrogens (tertiary/aromatic N) is 2. The van der Waals surface area contributed by atoms with Crippen molar-refractivity contribution in [2.45, 2.75) is 0 Å². The second-order valence-electron chi connectivity index (χ2n) is 4.60. The topological polar surface area (TPSA) is 61.0 Å². The third-order valence-corrected chi connectivity index (χ3v) is 3.16. The maximum atomic E-state index is 5.91. The lowest BCUT2D eigenvalue weighted by Gasteiger charge is -2.07. The second kappa shape index (κ2) is 5.63. The second-order valence-corrected chi connectivity index (χ2v) is 4.60. The highest BCUT2D eigenvalue weighted by molar-refractivity contribution is 5.67. The zero-order valence-corrected chi connectivity index (χ0v) is 11.7. The van der Waals surface area contributed by atoms with E-state index in [1.165, 1.54) is 0 Å². The van der Waals surface area contributed by atoms with E-state index in [-0.39, 0.29) is 0 Å². The Balaban J connectivity index is 2.05. The molecule has 1 heterocycles. The summed E-state index contributed by atoms with van der Waals surface area (Å²) in [5, 5.41) is 0. The SMILES string of the molecule is COc1ccc(-c2cc(N)nc(-c3ccccc3)n2)cc1. The van der Waals surface area contributed by atoms with Crippen molar-refractivity contribution < 1.29 is 4.74 Å². The van der Waals surface area contributed by atoms with Crippen LogP contribution in [0.1, 0.15) is 0 Å². The highest BCUT2D eigenvalue weighted by Crippen LogP contribution is 2.24. The molecule has 0 aliphatic rings. The molecular formula is C17H15N3O. The molecule has 4 heteroatoms. The Morgan fingerprint density at radius 1 is 0.857 bits per heavy atom. The Morgan fingerprint density at radius 2 is 1.57 bits per heavy atom. The van der Waals surface area contributed by atoms with Crippen LogP contribution in [0.5, 0.6) is 5.75 Å². The summed E-state index contributed by atoms with van der Waals surface area (Å²) < 4.78 is 5.16. The zero-order chi connectivity index (χ0) is 14.7. The molecule has 3 rings (SSSR count). The van der Waals surface area contributed by atoms with Gasteiger partial charge in [0.15, 0.2) is 5.82 Å². The van der Waals surface area contributed by atoms with Crippen LogP contribution in [0.15, 0.2) is 60.7 Å². The Morgan fingerprint density at radius 3 is 2.24 bits per heavy atom. The quantitative estimate of drug-likeness (QED) is 0.797. The summed E-state index contributed by atoms with van der Waals surface area (Å²) in [5.41, 5.74) is 8.63. The third-order valence-electron chi connectivity index (χ3n) is 3.16. The van der Waals surface area contributed by atoms with Crippen LogP contribution in [0.3, 0.4) is 0 Å². The fraction of sp³-hybridized carbons (Fsp3) is 0.0588. The number of anilines is 1. The number of methoxy groups -OCH3 is 1. The molecule has 0 unspecified atom stereocenters. The van der Waals surface area contributed by atoms with E-state index in [4.69, 9.17) is 10.5 Å². The largest absolute Gasteiger partial charge is 0.497 e. The predicted octanol–water partition coefficient (Wildman–Crippen LogP) is 3.40. The molecule has 0 aliphatic heterocycles. The maximum absolute atomic E-state index is 5.91. The van der Waals surface area contributed by atoms with Gasteiger partial charge in [-0.25, -0.2) is 9.97 Å². The van der Waals surface area contributed by atoms with Crippen LogP contribution in [-0.4, -0.2) is 17.1 Å². The van der Waals surface area contributed by atoms with Gasteiger partial charge in [0.2, 0.25) is 0 Å². The number of hydrogen-bond donors (Lipinski definition) is 1. The molecule has 0 spiro atoms. The highest BCUT2D eigenvalue weighted by atomic mass is 16.5. The summed E-state index contributed by atoms with van der Waals surface area (Å²) in [6.45, 7) is 0. The van der Waals surface area contributed by atoms with E-state index >= 15 is 0 Å². The van der Waals surface area contributed by atoms with Gasteiger partial charge in [-0.1, -0.05) is 30.3 Å². The number of aromatic nitrogens is 2. The van der Waals surface area contributed by atoms with Gasteiger partial charge in [-0.3, -0.25) is 0 Å². The van der Waals surface area contributed by atoms with E-state index in [9.17, 15) is 0 Å². The molecule has 4 nitrogen and oxygen atoms in total. The van der Waals surface area contributed by atoms with Crippen molar-refractivity contribution in [1.29, 1.82) is 0 Å². The molecule has 0 saturated carbocycles. The summed E-state index contributed by atoms with van der Waals surface area (Å²) in [6.07, 6.45) is 0. The first-order chi connectivity index (χ1) is 10.3. The number of nitrogen functional groups attached to an aromatic ring is 1. The van der Waals surface area contributed by atoms with Gasteiger partial charge in [-0.15, -0.1) is 0 Å². The molecule has 2 N–H and O–H groups in total. The number of rotatable bonds is 3. The smallest absolute Gasteiger partial charge is 0.162 e. The number of ether oxygens (including phenoxy) is 1. The fourth-order valence-electron chi connectivity index (χ4n) is 2.09. The number of nitrogens with two attached hydrogens (primary N) is 1. The van der Waals surface area contributed by atoms with Crippen LogP contribution >= 0.6 is 0 Å². The standard InChI is InChI=1S/C17H15N3O/c1-21-14-9-7-12(8-10-14)15-11-16(18)20-17(19-15)13-5-3-2-4-6-13/h2-11H,1H3,(H2,18,19,20). The van der Waals surface area contributed by atoms with Gasteiger partial charge < -0.3 is 10.5 Å². The van der Waals surface area contributed by atoms with Crippen molar-refractivity contribution in [3.63, 3.8) is 0 Å². The summed E-state index contributed by atoms with van der Waals surface area (Å²) in [5.74, 6) is 1.89. The lowest BCUT2D eigenvalue weighted by atomic mass is 10.1. The molecule has 0 radical (unpaired) electrons. The summed E-state index contributed by atoms with van der Waals surface area (Å²) >= 11 is 0. The van der Waals surface area contributed by atoms with Crippen LogP contribution in [0.25, 0.3) is 22.6 Å². The van der Waals surface area contributed by atoms with E-state index in [1.54, 1.807) is 13.2 Å². The average molecular weight is 277 g/mol. The Bertz CT molecular complexity index is 740. The summed E-state index contributed by atoms with van der Waals surface area (Å²) in [4.78, 5) is 8.90. The molecule has 0 bridgehead atoms. The van der Waals surface area contributed by atoms with Crippen LogP contribution in [-0.2, 0) is 0 Å². The monoisotopic (exact) mass is 277 g/mol. The first-order valence-corrected chi connectivity index (χ1v) is 6.60. The summed E-state index contributed by atoms with van der Waals surface area (Å²) in [7, 11) is 1.64. The van der Waals surface area contributed by atoms with Gasteiger partial charge >= 0.3 is 0 Å². The lowest BCUT2D eigenvalue weighted by molar-refractivity contribution is 0.415. The van der Waals surface area contributed by atoms with Gasteiger partial charge in [-0.05, 0) is 24.3 Å². The molecule has 0 atom stereocenters. The average Bonchev–Trinajstić information content (AvgIpc) is 2.55. The van der Waals surface area contributed by atoms with Crippen molar-refractivity contribution in [2.75, 3.05) is 12.8 Å². The van der Waals surface area contributed by atoms with Crippen LogP contribution in [0.2, 0.25) is 0 Å². The molecule has 0 aliphatic carbocycles. The number of benzene rings is 2. The van der Waals surface area contributed by atoms with Gasteiger partial charge in [0.05, 0.1) is 12.8 Å². The minimum Gasteiger partial charge on any atom is -0.497 e. The van der Waals surface area contributed by atoms with E-state index < -0.39 is 0 Å². The highest BCUT2D eigenvalue weighted by Gasteiger charge is 2.07. The van der Waals surface area contributed by atoms with E-state index in [2.05, 4.69) is 9.97 Å². The van der Waals surface area contributed by atoms with E-state index in [1.807, 2.05) is 54.6 Å². The first kappa shape index (κ1) is 13.1. The van der Waals surface area contributed by atoms with Crippen LogP contribution in [0, 0.1) is 0 Å². The van der Waals surface area contributed by atoms with Crippen molar-refractivity contribution in [3.8, 4) is 28.4 Å². The molecule has 2 aromatic carbocycles. The molecule has 0 fully saturated rings. The zero-order valence-electron chi connectivity index (χ0n) is 11.7. The van der Waals surface area contributed by atoms with Gasteiger partial charge in [-0.2, -0.15) is 0 Å². The fourth-order valence-corrected chi connectivity index (χ4v) is 2.09. The normalized spacial score (nSPS) is 10.3. The molecule has 0 saturated heterocycles. The van der Waals surface area contributed by atoms with Crippen molar-refractivity contribution in [1.82, 2.24) is 9.97 Å². The van der Waals surface area contributed by atoms with Crippen molar-refractivity contribution in [2.24, 2.45) is 0 Å². The van der Waals surface area contributed by atoms with Crippen LogP contribution < -0.4 is 10.5 Å². The molecular weight excluding hydrogens is 262 g/mol. The summed E-state index contributed by atoms with van der Waals surface area (Å²) in [6, 6.07) is 19.3. The van der Waals surface area contributed by atoms with Crippen molar-refractivity contribution >= 4 is 5.82 Å². The van der Waals surface area contributed by atoms with E-state index in [0.29, 0.717) is 11.6 Å². The van der Waals surface area contributed by atoms with Crippen molar-refractivity contribution in [3.05, 3.63) is 60.7 Å². The first-order valence-electron chi connectivity index (χ1n) is 6.60. The molecule has 21 heavy (non-hydrogen) atoms. The third kappa shape index (κ3) is 2.84. The lowest BCUT2D eigenvalue weighted by Crippen LogP contribution is -1.98.